The first-order valence-corrected chi connectivity index (χ1v) is 10.8. The fourth-order valence-corrected chi connectivity index (χ4v) is 4.12. The van der Waals surface area contributed by atoms with Gasteiger partial charge in [-0.05, 0) is 30.7 Å². The van der Waals surface area contributed by atoms with Crippen LogP contribution in [0, 0.1) is 0 Å². The molecule has 1 heterocycles. The zero-order chi connectivity index (χ0) is 19.1. The van der Waals surface area contributed by atoms with Gasteiger partial charge in [0, 0.05) is 19.5 Å². The van der Waals surface area contributed by atoms with Crippen molar-refractivity contribution in [3.8, 4) is 5.75 Å². The van der Waals surface area contributed by atoms with Crippen LogP contribution in [0.3, 0.4) is 0 Å². The lowest BCUT2D eigenvalue weighted by Crippen LogP contribution is -2.40. The zero-order valence-electron chi connectivity index (χ0n) is 15.4. The lowest BCUT2D eigenvalue weighted by molar-refractivity contribution is 0.241. The highest BCUT2D eigenvalue weighted by molar-refractivity contribution is 7.91. The van der Waals surface area contributed by atoms with Crippen LogP contribution in [-0.4, -0.2) is 45.9 Å². The summed E-state index contributed by atoms with van der Waals surface area (Å²) in [7, 11) is -3.31. The summed E-state index contributed by atoms with van der Waals surface area (Å²) >= 11 is 0. The Bertz CT molecular complexity index is 857. The van der Waals surface area contributed by atoms with Crippen molar-refractivity contribution < 1.29 is 13.2 Å². The Balaban J connectivity index is 1.53. The van der Waals surface area contributed by atoms with Gasteiger partial charge in [0.05, 0.1) is 17.2 Å². The largest absolute Gasteiger partial charge is 0.488 e. The van der Waals surface area contributed by atoms with Crippen molar-refractivity contribution in [2.75, 3.05) is 25.4 Å². The summed E-state index contributed by atoms with van der Waals surface area (Å²) in [6.07, 6.45) is 0.840. The van der Waals surface area contributed by atoms with Gasteiger partial charge in [0.1, 0.15) is 11.9 Å². The molecule has 0 amide bonds. The molecule has 6 nitrogen and oxygen atoms in total. The van der Waals surface area contributed by atoms with Crippen LogP contribution in [0.25, 0.3) is 0 Å². The summed E-state index contributed by atoms with van der Waals surface area (Å²) in [5.41, 5.74) is 1.20. The van der Waals surface area contributed by atoms with E-state index in [0.717, 1.165) is 12.2 Å². The minimum atomic E-state index is -3.31. The topological polar surface area (TPSA) is 79.8 Å². The molecule has 7 heteroatoms. The molecule has 0 aliphatic carbocycles. The fraction of sp³-hybridized carbons (Fsp3) is 0.350. The molecule has 0 radical (unpaired) electrons. The number of rotatable bonds is 7. The molecule has 1 aliphatic heterocycles. The van der Waals surface area contributed by atoms with Crippen molar-refractivity contribution in [2.24, 2.45) is 4.99 Å². The van der Waals surface area contributed by atoms with Crippen molar-refractivity contribution in [3.05, 3.63) is 60.2 Å². The van der Waals surface area contributed by atoms with E-state index < -0.39 is 9.84 Å². The van der Waals surface area contributed by atoms with Crippen LogP contribution in [0.2, 0.25) is 0 Å². The Kier molecular flexibility index (Phi) is 6.34. The number of sulfone groups is 1. The van der Waals surface area contributed by atoms with Gasteiger partial charge >= 0.3 is 0 Å². The third-order valence-corrected chi connectivity index (χ3v) is 6.01. The maximum absolute atomic E-state index is 12.3. The van der Waals surface area contributed by atoms with E-state index in [2.05, 4.69) is 21.7 Å². The molecule has 0 aromatic heterocycles. The smallest absolute Gasteiger partial charge is 0.191 e. The van der Waals surface area contributed by atoms with Crippen molar-refractivity contribution in [3.63, 3.8) is 0 Å². The van der Waals surface area contributed by atoms with Crippen molar-refractivity contribution in [1.29, 1.82) is 0 Å². The van der Waals surface area contributed by atoms with Crippen LogP contribution in [0.5, 0.6) is 5.75 Å². The maximum Gasteiger partial charge on any atom is 0.191 e. The first kappa shape index (κ1) is 19.2. The number of para-hydroxylation sites is 1. The molecule has 0 bridgehead atoms. The highest BCUT2D eigenvalue weighted by Gasteiger charge is 2.22. The molecule has 0 saturated heterocycles. The number of guanidine groups is 1. The Labute approximate surface area is 160 Å². The normalized spacial score (nSPS) is 16.5. The second-order valence-electron chi connectivity index (χ2n) is 6.33. The van der Waals surface area contributed by atoms with Crippen LogP contribution in [0.4, 0.5) is 0 Å². The summed E-state index contributed by atoms with van der Waals surface area (Å²) in [4.78, 5) is 4.88. The molecule has 0 saturated carbocycles. The van der Waals surface area contributed by atoms with E-state index in [9.17, 15) is 8.42 Å². The average molecular weight is 388 g/mol. The Morgan fingerprint density at radius 1 is 1.11 bits per heavy atom. The second kappa shape index (κ2) is 8.90. The molecule has 27 heavy (non-hydrogen) atoms. The van der Waals surface area contributed by atoms with Crippen molar-refractivity contribution >= 4 is 15.8 Å². The van der Waals surface area contributed by atoms with Gasteiger partial charge in [0.25, 0.3) is 0 Å². The Morgan fingerprint density at radius 3 is 2.59 bits per heavy atom. The van der Waals surface area contributed by atoms with Gasteiger partial charge in [-0.25, -0.2) is 13.4 Å². The zero-order valence-corrected chi connectivity index (χ0v) is 16.2. The van der Waals surface area contributed by atoms with Crippen LogP contribution in [-0.2, 0) is 16.3 Å². The molecule has 1 aliphatic rings. The van der Waals surface area contributed by atoms with Gasteiger partial charge in [0.2, 0.25) is 0 Å². The van der Waals surface area contributed by atoms with Gasteiger partial charge in [-0.15, -0.1) is 0 Å². The first-order chi connectivity index (χ1) is 13.1. The van der Waals surface area contributed by atoms with E-state index in [-0.39, 0.29) is 18.4 Å². The Hall–Kier alpha value is -2.54. The number of hydrogen-bond acceptors (Lipinski definition) is 4. The second-order valence-corrected chi connectivity index (χ2v) is 8.44. The van der Waals surface area contributed by atoms with Crippen molar-refractivity contribution in [1.82, 2.24) is 10.6 Å². The maximum atomic E-state index is 12.3. The summed E-state index contributed by atoms with van der Waals surface area (Å²) in [6, 6.07) is 16.5. The summed E-state index contributed by atoms with van der Waals surface area (Å²) in [5.74, 6) is 1.53. The number of nitrogens with one attached hydrogen (secondary N) is 2. The molecule has 1 unspecified atom stereocenters. The molecular weight excluding hydrogens is 362 g/mol. The highest BCUT2D eigenvalue weighted by atomic mass is 32.2. The van der Waals surface area contributed by atoms with Crippen LogP contribution >= 0.6 is 0 Å². The molecule has 0 spiro atoms. The minimum Gasteiger partial charge on any atom is -0.488 e. The number of fused-ring (bicyclic) bond motifs is 1. The number of aliphatic imine (C=N–C) groups is 1. The first-order valence-electron chi connectivity index (χ1n) is 9.13. The fourth-order valence-electron chi connectivity index (χ4n) is 2.94. The van der Waals surface area contributed by atoms with E-state index in [1.54, 1.807) is 30.3 Å². The SMILES string of the molecule is CCNC(=NCC1Cc2ccccc2O1)NCCS(=O)(=O)c1ccccc1. The van der Waals surface area contributed by atoms with E-state index in [1.807, 2.05) is 25.1 Å². The number of benzene rings is 2. The van der Waals surface area contributed by atoms with Crippen LogP contribution < -0.4 is 15.4 Å². The van der Waals surface area contributed by atoms with E-state index in [0.29, 0.717) is 23.9 Å². The minimum absolute atomic E-state index is 0.00547. The van der Waals surface area contributed by atoms with E-state index in [1.165, 1.54) is 5.56 Å². The molecule has 144 valence electrons. The van der Waals surface area contributed by atoms with Crippen molar-refractivity contribution in [2.45, 2.75) is 24.3 Å². The van der Waals surface area contributed by atoms with Crippen LogP contribution in [0.15, 0.2) is 64.5 Å². The van der Waals surface area contributed by atoms with Gasteiger partial charge in [-0.3, -0.25) is 0 Å². The van der Waals surface area contributed by atoms with E-state index >= 15 is 0 Å². The molecule has 2 aromatic rings. The van der Waals surface area contributed by atoms with Gasteiger partial charge < -0.3 is 15.4 Å². The quantitative estimate of drug-likeness (QED) is 0.561. The highest BCUT2D eigenvalue weighted by Crippen LogP contribution is 2.28. The molecule has 1 atom stereocenters. The monoisotopic (exact) mass is 387 g/mol. The third kappa shape index (κ3) is 5.23. The molecule has 2 aromatic carbocycles. The molecular formula is C20H25N3O3S. The number of hydrogen-bond donors (Lipinski definition) is 2. The molecule has 3 rings (SSSR count). The van der Waals surface area contributed by atoms with Gasteiger partial charge in [0.15, 0.2) is 15.8 Å². The molecule has 2 N–H and O–H groups in total. The lowest BCUT2D eigenvalue weighted by atomic mass is 10.1. The third-order valence-electron chi connectivity index (χ3n) is 4.28. The van der Waals surface area contributed by atoms with E-state index in [4.69, 9.17) is 4.74 Å². The van der Waals surface area contributed by atoms with Gasteiger partial charge in [-0.1, -0.05) is 36.4 Å². The predicted octanol–water partition coefficient (Wildman–Crippen LogP) is 2.02. The standard InChI is InChI=1S/C20H25N3O3S/c1-2-21-20(22-12-13-27(24,25)18-9-4-3-5-10-18)23-15-17-14-16-8-6-7-11-19(16)26-17/h3-11,17H,2,12-15H2,1H3,(H2,21,22,23). The van der Waals surface area contributed by atoms with Crippen LogP contribution in [0.1, 0.15) is 12.5 Å². The predicted molar refractivity (Wildman–Crippen MR) is 107 cm³/mol. The summed E-state index contributed by atoms with van der Waals surface area (Å²) in [5, 5.41) is 6.24. The average Bonchev–Trinajstić information content (AvgIpc) is 3.10. The van der Waals surface area contributed by atoms with Gasteiger partial charge in [-0.2, -0.15) is 0 Å². The Morgan fingerprint density at radius 2 is 1.85 bits per heavy atom. The lowest BCUT2D eigenvalue weighted by Gasteiger charge is -2.13. The number of nitrogens with zero attached hydrogens (tertiary/aromatic N) is 1. The number of ether oxygens (including phenoxy) is 1. The summed E-state index contributed by atoms with van der Waals surface area (Å²) < 4.78 is 30.6. The molecule has 0 fully saturated rings. The summed E-state index contributed by atoms with van der Waals surface area (Å²) in [6.45, 7) is 3.47.